The molecule has 5 heterocycles. The smallest absolute Gasteiger partial charge is 0.218 e. The van der Waals surface area contributed by atoms with Crippen LogP contribution >= 0.6 is 23.2 Å². The van der Waals surface area contributed by atoms with Crippen LogP contribution in [0.2, 0.25) is 10.0 Å². The molecule has 1 atom stereocenters. The maximum atomic E-state index is 6.61. The number of nitrogens with two attached hydrogens (primary N) is 2. The molecular formula is C24H22Cl2N6O. The Kier molecular flexibility index (Phi) is 4.69. The molecule has 4 N–H and O–H groups in total. The number of piperidine rings is 1. The number of anilines is 2. The molecular weight excluding hydrogens is 459 g/mol. The van der Waals surface area contributed by atoms with Crippen molar-refractivity contribution in [2.45, 2.75) is 24.5 Å². The fourth-order valence-electron chi connectivity index (χ4n) is 5.09. The summed E-state index contributed by atoms with van der Waals surface area (Å²) in [5.41, 5.74) is 16.6. The topological polar surface area (TPSA) is 94.7 Å². The van der Waals surface area contributed by atoms with Gasteiger partial charge in [0.25, 0.3) is 0 Å². The van der Waals surface area contributed by atoms with Gasteiger partial charge in [-0.2, -0.15) is 0 Å². The van der Waals surface area contributed by atoms with Gasteiger partial charge in [0.2, 0.25) is 5.88 Å². The van der Waals surface area contributed by atoms with Crippen LogP contribution in [-0.4, -0.2) is 33.1 Å². The van der Waals surface area contributed by atoms with Crippen molar-refractivity contribution in [3.05, 3.63) is 70.6 Å². The van der Waals surface area contributed by atoms with Crippen LogP contribution in [0.3, 0.4) is 0 Å². The maximum Gasteiger partial charge on any atom is 0.218 e. The van der Waals surface area contributed by atoms with Crippen LogP contribution < -0.4 is 21.1 Å². The second-order valence-corrected chi connectivity index (χ2v) is 9.37. The Morgan fingerprint density at radius 3 is 2.67 bits per heavy atom. The number of imidazole rings is 1. The van der Waals surface area contributed by atoms with Gasteiger partial charge in [0.05, 0.1) is 16.1 Å². The highest BCUT2D eigenvalue weighted by atomic mass is 35.5. The van der Waals surface area contributed by atoms with Crippen LogP contribution in [0.5, 0.6) is 5.88 Å². The third-order valence-corrected chi connectivity index (χ3v) is 7.66. The van der Waals surface area contributed by atoms with Crippen molar-refractivity contribution < 1.29 is 4.74 Å². The molecule has 6 rings (SSSR count). The Balaban J connectivity index is 1.34. The van der Waals surface area contributed by atoms with Gasteiger partial charge in [0.1, 0.15) is 17.1 Å². The third-order valence-electron chi connectivity index (χ3n) is 6.84. The van der Waals surface area contributed by atoms with Crippen molar-refractivity contribution in [3.63, 3.8) is 0 Å². The molecule has 168 valence electrons. The van der Waals surface area contributed by atoms with Gasteiger partial charge >= 0.3 is 0 Å². The van der Waals surface area contributed by atoms with E-state index in [1.807, 2.05) is 40.9 Å². The summed E-state index contributed by atoms with van der Waals surface area (Å²) < 4.78 is 8.34. The molecule has 0 aliphatic carbocycles. The van der Waals surface area contributed by atoms with Gasteiger partial charge in [0, 0.05) is 73.0 Å². The summed E-state index contributed by atoms with van der Waals surface area (Å²) in [6, 6.07) is 11.2. The Bertz CT molecular complexity index is 1380. The van der Waals surface area contributed by atoms with Crippen LogP contribution in [0.15, 0.2) is 55.0 Å². The van der Waals surface area contributed by atoms with Crippen LogP contribution in [0.25, 0.3) is 16.8 Å². The summed E-state index contributed by atoms with van der Waals surface area (Å²) >= 11 is 12.8. The van der Waals surface area contributed by atoms with Crippen molar-refractivity contribution in [1.29, 1.82) is 0 Å². The highest BCUT2D eigenvalue weighted by Gasteiger charge is 2.49. The van der Waals surface area contributed by atoms with Gasteiger partial charge in [0.15, 0.2) is 0 Å². The molecule has 33 heavy (non-hydrogen) atoms. The lowest BCUT2D eigenvalue weighted by atomic mass is 9.83. The number of rotatable bonds is 2. The van der Waals surface area contributed by atoms with Gasteiger partial charge < -0.3 is 21.1 Å². The van der Waals surface area contributed by atoms with Crippen molar-refractivity contribution in [3.8, 4) is 17.0 Å². The summed E-state index contributed by atoms with van der Waals surface area (Å²) in [6.07, 6.45) is 7.01. The fourth-order valence-corrected chi connectivity index (χ4v) is 5.49. The lowest BCUT2D eigenvalue weighted by Crippen LogP contribution is -2.51. The van der Waals surface area contributed by atoms with Crippen molar-refractivity contribution in [1.82, 2.24) is 14.4 Å². The Hall–Kier alpha value is -3.00. The molecule has 0 bridgehead atoms. The number of nitrogen functional groups attached to an aromatic ring is 1. The average molecular weight is 481 g/mol. The fraction of sp³-hybridized carbons (Fsp3) is 0.250. The number of fused-ring (bicyclic) bond motifs is 2. The van der Waals surface area contributed by atoms with Gasteiger partial charge in [-0.15, -0.1) is 0 Å². The lowest BCUT2D eigenvalue weighted by Gasteiger charge is -2.41. The minimum Gasteiger partial charge on any atom is -0.469 e. The summed E-state index contributed by atoms with van der Waals surface area (Å²) in [7, 11) is 0. The van der Waals surface area contributed by atoms with E-state index in [0.717, 1.165) is 54.1 Å². The second-order valence-electron chi connectivity index (χ2n) is 8.58. The van der Waals surface area contributed by atoms with E-state index in [1.165, 1.54) is 0 Å². The van der Waals surface area contributed by atoms with Crippen LogP contribution in [-0.2, 0) is 0 Å². The molecule has 0 radical (unpaired) electrons. The first-order valence-electron chi connectivity index (χ1n) is 10.8. The van der Waals surface area contributed by atoms with Crippen LogP contribution in [0.4, 0.5) is 11.5 Å². The number of aromatic nitrogens is 3. The van der Waals surface area contributed by atoms with Gasteiger partial charge in [-0.1, -0.05) is 41.4 Å². The molecule has 1 saturated heterocycles. The molecule has 1 spiro atoms. The largest absolute Gasteiger partial charge is 0.469 e. The molecule has 2 aliphatic heterocycles. The number of halogens is 2. The maximum absolute atomic E-state index is 6.61. The van der Waals surface area contributed by atoms with E-state index in [1.54, 1.807) is 18.5 Å². The number of pyridine rings is 2. The number of ether oxygens (including phenoxy) is 1. The zero-order valence-electron chi connectivity index (χ0n) is 17.7. The van der Waals surface area contributed by atoms with E-state index in [4.69, 9.17) is 39.4 Å². The van der Waals surface area contributed by atoms with E-state index in [-0.39, 0.29) is 6.04 Å². The van der Waals surface area contributed by atoms with E-state index >= 15 is 0 Å². The first-order valence-corrected chi connectivity index (χ1v) is 11.6. The van der Waals surface area contributed by atoms with Crippen molar-refractivity contribution in [2.24, 2.45) is 5.73 Å². The predicted molar refractivity (Wildman–Crippen MR) is 131 cm³/mol. The second kappa shape index (κ2) is 7.52. The zero-order valence-corrected chi connectivity index (χ0v) is 19.2. The Morgan fingerprint density at radius 1 is 1.06 bits per heavy atom. The van der Waals surface area contributed by atoms with E-state index in [2.05, 4.69) is 14.9 Å². The van der Waals surface area contributed by atoms with Gasteiger partial charge in [-0.25, -0.2) is 9.97 Å². The molecule has 7 nitrogen and oxygen atoms in total. The van der Waals surface area contributed by atoms with Crippen molar-refractivity contribution >= 4 is 40.4 Å². The average Bonchev–Trinajstić information content (AvgIpc) is 3.40. The quantitative estimate of drug-likeness (QED) is 0.431. The minimum absolute atomic E-state index is 0.186. The highest BCUT2D eigenvalue weighted by molar-refractivity contribution is 6.44. The Morgan fingerprint density at radius 2 is 1.88 bits per heavy atom. The lowest BCUT2D eigenvalue weighted by molar-refractivity contribution is 0.0397. The third kappa shape index (κ3) is 3.07. The zero-order chi connectivity index (χ0) is 22.7. The number of hydrogen-bond acceptors (Lipinski definition) is 6. The number of nitrogens with zero attached hydrogens (tertiary/aromatic N) is 4. The molecule has 4 aromatic rings. The predicted octanol–water partition coefficient (Wildman–Crippen LogP) is 4.72. The minimum atomic E-state index is -0.430. The normalized spacial score (nSPS) is 19.1. The van der Waals surface area contributed by atoms with Crippen LogP contribution in [0, 0.1) is 0 Å². The first-order chi connectivity index (χ1) is 16.0. The summed E-state index contributed by atoms with van der Waals surface area (Å²) in [4.78, 5) is 11.3. The van der Waals surface area contributed by atoms with E-state index in [0.29, 0.717) is 21.6 Å². The molecule has 2 aliphatic rings. The SMILES string of the molecule is Nc1cc(N2CCC3(CC2)Oc2ncccc2[C@H]3N)n2ccnc2c1-c1cccc(Cl)c1Cl. The van der Waals surface area contributed by atoms with E-state index in [9.17, 15) is 0 Å². The molecule has 9 heteroatoms. The van der Waals surface area contributed by atoms with Crippen molar-refractivity contribution in [2.75, 3.05) is 23.7 Å². The number of hydrogen-bond donors (Lipinski definition) is 2. The molecule has 3 aromatic heterocycles. The van der Waals surface area contributed by atoms with Gasteiger partial charge in [-0.3, -0.25) is 4.40 Å². The van der Waals surface area contributed by atoms with Gasteiger partial charge in [-0.05, 0) is 12.1 Å². The summed E-state index contributed by atoms with van der Waals surface area (Å²) in [6.45, 7) is 1.54. The first kappa shape index (κ1) is 20.6. The monoisotopic (exact) mass is 480 g/mol. The summed E-state index contributed by atoms with van der Waals surface area (Å²) in [5, 5.41) is 0.941. The Labute approximate surface area is 200 Å². The molecule has 0 amide bonds. The molecule has 1 aromatic carbocycles. The highest BCUT2D eigenvalue weighted by Crippen LogP contribution is 2.47. The number of benzene rings is 1. The standard InChI is InChI=1S/C24H22Cl2N6O/c25-16-5-1-3-14(20(16)26)19-17(27)13-18(32-12-9-29-22(19)32)31-10-6-24(7-11-31)21(28)15-4-2-8-30-23(15)33-24/h1-5,8-9,12-13,21H,6-7,10-11,27-28H2/t21-/m1/s1. The molecule has 1 fully saturated rings. The molecule has 0 saturated carbocycles. The van der Waals surface area contributed by atoms with Crippen LogP contribution in [0.1, 0.15) is 24.4 Å². The molecule has 0 unspecified atom stereocenters. The van der Waals surface area contributed by atoms with E-state index < -0.39 is 5.60 Å². The summed E-state index contributed by atoms with van der Waals surface area (Å²) in [5.74, 6) is 1.63.